The van der Waals surface area contributed by atoms with E-state index in [0.29, 0.717) is 40.0 Å². The van der Waals surface area contributed by atoms with Gasteiger partial charge in [0, 0.05) is 23.0 Å². The van der Waals surface area contributed by atoms with E-state index in [0.717, 1.165) is 29.1 Å². The Morgan fingerprint density at radius 3 is 2.32 bits per heavy atom. The Morgan fingerprint density at radius 1 is 0.971 bits per heavy atom. The zero-order valence-electron chi connectivity index (χ0n) is 19.5. The minimum atomic E-state index is 0.306. The predicted octanol–water partition coefficient (Wildman–Crippen LogP) is 4.76. The zero-order valence-corrected chi connectivity index (χ0v) is 21.0. The number of hydrogen-bond acceptors (Lipinski definition) is 6. The lowest BCUT2D eigenvalue weighted by atomic mass is 10.1. The number of aryl methyl sites for hydroxylation is 2. The Balaban J connectivity index is 1.75. The normalized spacial score (nSPS) is 11.0. The number of aromatic nitrogens is 2. The lowest BCUT2D eigenvalue weighted by Gasteiger charge is -2.16. The third-order valence-electron chi connectivity index (χ3n) is 4.68. The zero-order chi connectivity index (χ0) is 24.5. The maximum absolute atomic E-state index is 6.13. The van der Waals surface area contributed by atoms with Gasteiger partial charge in [-0.15, -0.1) is 0 Å². The van der Waals surface area contributed by atoms with Crippen molar-refractivity contribution in [1.82, 2.24) is 15.3 Å². The maximum Gasteiger partial charge on any atom is 0.229 e. The fourth-order valence-corrected chi connectivity index (χ4v) is 3.50. The molecular formula is C24H27ClN6O2S. The number of halogens is 1. The van der Waals surface area contributed by atoms with Crippen molar-refractivity contribution in [2.45, 2.75) is 20.3 Å². The van der Waals surface area contributed by atoms with Crippen LogP contribution in [0.15, 0.2) is 53.5 Å². The summed E-state index contributed by atoms with van der Waals surface area (Å²) < 4.78 is 10.6. The van der Waals surface area contributed by atoms with E-state index in [1.54, 1.807) is 32.4 Å². The van der Waals surface area contributed by atoms with E-state index in [4.69, 9.17) is 33.3 Å². The topological polar surface area (TPSA) is 92.7 Å². The molecule has 0 aliphatic rings. The smallest absolute Gasteiger partial charge is 0.229 e. The lowest BCUT2D eigenvalue weighted by Crippen LogP contribution is -2.39. The van der Waals surface area contributed by atoms with E-state index < -0.39 is 0 Å². The Bertz CT molecular complexity index is 1150. The molecule has 0 bridgehead atoms. The summed E-state index contributed by atoms with van der Waals surface area (Å²) in [5.74, 6) is 2.27. The predicted molar refractivity (Wildman–Crippen MR) is 141 cm³/mol. The van der Waals surface area contributed by atoms with Gasteiger partial charge in [0.05, 0.1) is 19.9 Å². The van der Waals surface area contributed by atoms with Crippen molar-refractivity contribution in [3.63, 3.8) is 0 Å². The van der Waals surface area contributed by atoms with Crippen molar-refractivity contribution >= 4 is 46.5 Å². The first-order valence-corrected chi connectivity index (χ1v) is 11.3. The van der Waals surface area contributed by atoms with Crippen LogP contribution >= 0.6 is 23.8 Å². The molecule has 0 aliphatic heterocycles. The maximum atomic E-state index is 6.13. The highest BCUT2D eigenvalue weighted by Crippen LogP contribution is 2.27. The highest BCUT2D eigenvalue weighted by molar-refractivity contribution is 7.80. The molecule has 34 heavy (non-hydrogen) atoms. The van der Waals surface area contributed by atoms with Gasteiger partial charge < -0.3 is 20.1 Å². The second-order valence-electron chi connectivity index (χ2n) is 7.35. The number of anilines is 2. The van der Waals surface area contributed by atoms with E-state index in [2.05, 4.69) is 30.9 Å². The summed E-state index contributed by atoms with van der Waals surface area (Å²) >= 11 is 11.6. The molecule has 0 atom stereocenters. The van der Waals surface area contributed by atoms with Crippen LogP contribution in [0.4, 0.5) is 11.6 Å². The summed E-state index contributed by atoms with van der Waals surface area (Å²) in [7, 11) is 3.23. The fraction of sp³-hybridized carbons (Fsp3) is 0.250. The number of nitrogens with zero attached hydrogens (tertiary/aromatic N) is 3. The Labute approximate surface area is 209 Å². The van der Waals surface area contributed by atoms with Crippen LogP contribution in [0.3, 0.4) is 0 Å². The quantitative estimate of drug-likeness (QED) is 0.244. The van der Waals surface area contributed by atoms with Crippen LogP contribution in [0, 0.1) is 13.8 Å². The molecule has 0 saturated carbocycles. The number of thiocarbonyl (C=S) groups is 1. The Kier molecular flexibility index (Phi) is 9.00. The molecule has 0 amide bonds. The van der Waals surface area contributed by atoms with Gasteiger partial charge in [-0.1, -0.05) is 23.7 Å². The van der Waals surface area contributed by atoms with Gasteiger partial charge in [-0.2, -0.15) is 0 Å². The van der Waals surface area contributed by atoms with Crippen LogP contribution in [-0.4, -0.2) is 41.8 Å². The van der Waals surface area contributed by atoms with Crippen LogP contribution in [0.2, 0.25) is 5.02 Å². The van der Waals surface area contributed by atoms with E-state index in [-0.39, 0.29) is 0 Å². The summed E-state index contributed by atoms with van der Waals surface area (Å²) in [6, 6.07) is 15.0. The number of hydrogen-bond donors (Lipinski definition) is 3. The van der Waals surface area contributed by atoms with Gasteiger partial charge in [-0.25, -0.2) is 9.97 Å². The summed E-state index contributed by atoms with van der Waals surface area (Å²) in [6.07, 6.45) is 0.729. The third kappa shape index (κ3) is 7.57. The summed E-state index contributed by atoms with van der Waals surface area (Å²) in [5, 5.41) is 10.2. The van der Waals surface area contributed by atoms with Gasteiger partial charge in [-0.3, -0.25) is 10.3 Å². The molecule has 8 nitrogen and oxygen atoms in total. The molecule has 1 heterocycles. The van der Waals surface area contributed by atoms with Gasteiger partial charge in [0.15, 0.2) is 5.11 Å². The van der Waals surface area contributed by atoms with Gasteiger partial charge in [-0.05, 0) is 74.4 Å². The minimum absolute atomic E-state index is 0.306. The number of guanidine groups is 1. The molecule has 0 fully saturated rings. The molecule has 0 unspecified atom stereocenters. The number of nitrogens with one attached hydrogen (secondary N) is 3. The number of methoxy groups -OCH3 is 2. The van der Waals surface area contributed by atoms with E-state index in [1.807, 2.05) is 44.2 Å². The van der Waals surface area contributed by atoms with Crippen LogP contribution in [0.25, 0.3) is 0 Å². The van der Waals surface area contributed by atoms with Crippen molar-refractivity contribution in [2.24, 2.45) is 4.99 Å². The third-order valence-corrected chi connectivity index (χ3v) is 5.12. The molecule has 0 saturated heterocycles. The Hall–Kier alpha value is -3.43. The van der Waals surface area contributed by atoms with Gasteiger partial charge in [0.25, 0.3) is 0 Å². The second kappa shape index (κ2) is 12.2. The number of ether oxygens (including phenoxy) is 2. The number of rotatable bonds is 7. The largest absolute Gasteiger partial charge is 0.497 e. The molecule has 3 N–H and O–H groups in total. The monoisotopic (exact) mass is 498 g/mol. The van der Waals surface area contributed by atoms with Gasteiger partial charge in [0.2, 0.25) is 11.9 Å². The van der Waals surface area contributed by atoms with E-state index in [1.165, 1.54) is 0 Å². The highest BCUT2D eigenvalue weighted by Gasteiger charge is 2.10. The molecule has 178 valence electrons. The summed E-state index contributed by atoms with van der Waals surface area (Å²) in [6.45, 7) is 4.33. The van der Waals surface area contributed by atoms with Crippen LogP contribution in [0.1, 0.15) is 17.0 Å². The van der Waals surface area contributed by atoms with Crippen molar-refractivity contribution in [1.29, 1.82) is 0 Å². The standard InChI is InChI=1S/C24H27ClN6O2S/c1-15-13-16(2)28-23(27-15)30-22(26-12-11-17-5-8-19(32-3)9-6-17)31-24(34)29-20-14-18(25)7-10-21(20)33-4/h5-10,13-14H,11-12H2,1-4H3,(H3,26,27,28,29,30,31,34). The number of benzene rings is 2. The van der Waals surface area contributed by atoms with Gasteiger partial charge >= 0.3 is 0 Å². The number of aliphatic imine (C=N–C) groups is 1. The molecule has 10 heteroatoms. The van der Waals surface area contributed by atoms with Crippen LogP contribution in [0.5, 0.6) is 11.5 Å². The first-order valence-electron chi connectivity index (χ1n) is 10.5. The highest BCUT2D eigenvalue weighted by atomic mass is 35.5. The molecule has 0 radical (unpaired) electrons. The SMILES string of the molecule is COc1ccc(CCN=C(NC(=S)Nc2cc(Cl)ccc2OC)Nc2nc(C)cc(C)n2)cc1. The van der Waals surface area contributed by atoms with Crippen molar-refractivity contribution in [3.05, 3.63) is 70.5 Å². The fourth-order valence-electron chi connectivity index (χ4n) is 3.13. The average Bonchev–Trinajstić information content (AvgIpc) is 2.79. The van der Waals surface area contributed by atoms with Gasteiger partial charge in [0.1, 0.15) is 11.5 Å². The molecule has 0 aliphatic carbocycles. The summed E-state index contributed by atoms with van der Waals surface area (Å²) in [5.41, 5.74) is 3.46. The average molecular weight is 499 g/mol. The van der Waals surface area contributed by atoms with E-state index in [9.17, 15) is 0 Å². The minimum Gasteiger partial charge on any atom is -0.497 e. The molecule has 3 aromatic rings. The van der Waals surface area contributed by atoms with Crippen molar-refractivity contribution in [3.8, 4) is 11.5 Å². The lowest BCUT2D eigenvalue weighted by molar-refractivity contribution is 0.414. The molecule has 0 spiro atoms. The molecular weight excluding hydrogens is 472 g/mol. The van der Waals surface area contributed by atoms with Crippen LogP contribution in [-0.2, 0) is 6.42 Å². The first kappa shape index (κ1) is 25.2. The Morgan fingerprint density at radius 2 is 1.68 bits per heavy atom. The van der Waals surface area contributed by atoms with Crippen molar-refractivity contribution in [2.75, 3.05) is 31.4 Å². The van der Waals surface area contributed by atoms with Crippen molar-refractivity contribution < 1.29 is 9.47 Å². The second-order valence-corrected chi connectivity index (χ2v) is 8.20. The molecule has 3 rings (SSSR count). The summed E-state index contributed by atoms with van der Waals surface area (Å²) in [4.78, 5) is 13.5. The molecule has 1 aromatic heterocycles. The van der Waals surface area contributed by atoms with E-state index >= 15 is 0 Å². The van der Waals surface area contributed by atoms with Crippen LogP contribution < -0.4 is 25.4 Å². The molecule has 2 aromatic carbocycles. The first-order chi connectivity index (χ1) is 16.4.